The van der Waals surface area contributed by atoms with Gasteiger partial charge in [-0.2, -0.15) is 18.8 Å². The van der Waals surface area contributed by atoms with Gasteiger partial charge in [0.25, 0.3) is 0 Å². The van der Waals surface area contributed by atoms with Gasteiger partial charge in [0.1, 0.15) is 0 Å². The van der Waals surface area contributed by atoms with Crippen LogP contribution in [0.1, 0.15) is 27.7 Å². The third kappa shape index (κ3) is 3.21. The molecule has 78 valence electrons. The molecular weight excluding hydrogens is 198 g/mol. The third-order valence-electron chi connectivity index (χ3n) is 4.12. The van der Waals surface area contributed by atoms with Crippen molar-refractivity contribution in [2.24, 2.45) is 23.7 Å². The van der Waals surface area contributed by atoms with Crippen LogP contribution in [0.5, 0.6) is 0 Å². The van der Waals surface area contributed by atoms with Crippen LogP contribution >= 0.6 is 7.92 Å². The molecule has 0 heterocycles. The summed E-state index contributed by atoms with van der Waals surface area (Å²) in [4.78, 5) is 0. The Labute approximate surface area is 114 Å². The van der Waals surface area contributed by atoms with Crippen LogP contribution in [-0.4, -0.2) is 19.5 Å². The molecule has 0 saturated heterocycles. The topological polar surface area (TPSA) is 0 Å². The van der Waals surface area contributed by atoms with Crippen LogP contribution in [0.2, 0.25) is 0 Å². The Balaban J connectivity index is 0.00000169. The average Bonchev–Trinajstić information content (AvgIpc) is 2.22. The zero-order chi connectivity index (χ0) is 10.2. The Bertz CT molecular complexity index is 156. The van der Waals surface area contributed by atoms with Crippen molar-refractivity contribution in [2.75, 3.05) is 19.5 Å². The number of rotatable bonds is 2. The Hall–Kier alpha value is 1.43. The van der Waals surface area contributed by atoms with Crippen molar-refractivity contribution in [2.45, 2.75) is 27.7 Å². The zero-order valence-corrected chi connectivity index (χ0v) is 13.9. The summed E-state index contributed by atoms with van der Waals surface area (Å²) in [7, 11) is 0.284. The molecule has 1 saturated carbocycles. The van der Waals surface area contributed by atoms with Gasteiger partial charge in [0.15, 0.2) is 0 Å². The molecule has 4 atom stereocenters. The second-order valence-electron chi connectivity index (χ2n) is 5.11. The summed E-state index contributed by atoms with van der Waals surface area (Å²) < 4.78 is 0. The van der Waals surface area contributed by atoms with E-state index in [1.807, 2.05) is 0 Å². The SMILES string of the molecule is C[C-]1C(C)C(C)C(CP(C)C)C1C.[Na+]. The summed E-state index contributed by atoms with van der Waals surface area (Å²) in [5, 5.41) is 0. The molecule has 14 heavy (non-hydrogen) atoms. The zero-order valence-electron chi connectivity index (χ0n) is 11.0. The predicted molar refractivity (Wildman–Crippen MR) is 63.5 cm³/mol. The first-order valence-corrected chi connectivity index (χ1v) is 7.85. The monoisotopic (exact) mass is 222 g/mol. The Kier molecular flexibility index (Phi) is 6.87. The maximum atomic E-state index is 2.45. The van der Waals surface area contributed by atoms with Gasteiger partial charge in [-0.15, -0.1) is 7.92 Å². The molecule has 0 aromatic rings. The van der Waals surface area contributed by atoms with Crippen molar-refractivity contribution in [3.05, 3.63) is 5.92 Å². The van der Waals surface area contributed by atoms with Gasteiger partial charge in [0.05, 0.1) is 0 Å². The maximum Gasteiger partial charge on any atom is 1.00 e. The van der Waals surface area contributed by atoms with Crippen LogP contribution < -0.4 is 29.6 Å². The Morgan fingerprint density at radius 1 is 1.07 bits per heavy atom. The van der Waals surface area contributed by atoms with E-state index >= 15 is 0 Å². The number of hydrogen-bond donors (Lipinski definition) is 0. The molecule has 0 aliphatic heterocycles. The van der Waals surface area contributed by atoms with Gasteiger partial charge in [-0.1, -0.05) is 32.6 Å². The van der Waals surface area contributed by atoms with Crippen LogP contribution in [-0.2, 0) is 0 Å². The van der Waals surface area contributed by atoms with Crippen molar-refractivity contribution in [1.29, 1.82) is 0 Å². The molecule has 1 aliphatic rings. The van der Waals surface area contributed by atoms with E-state index in [4.69, 9.17) is 0 Å². The Morgan fingerprint density at radius 2 is 1.57 bits per heavy atom. The second-order valence-corrected chi connectivity index (χ2v) is 7.63. The second kappa shape index (κ2) is 6.24. The van der Waals surface area contributed by atoms with E-state index in [2.05, 4.69) is 41.0 Å². The summed E-state index contributed by atoms with van der Waals surface area (Å²) in [6.07, 6.45) is 1.47. The van der Waals surface area contributed by atoms with Crippen LogP contribution in [0.25, 0.3) is 0 Å². The van der Waals surface area contributed by atoms with E-state index in [0.29, 0.717) is 0 Å². The maximum absolute atomic E-state index is 2.45. The first kappa shape index (κ1) is 15.4. The minimum Gasteiger partial charge on any atom is -0.311 e. The molecule has 0 amide bonds. The first-order valence-electron chi connectivity index (χ1n) is 5.43. The average molecular weight is 222 g/mol. The number of hydrogen-bond acceptors (Lipinski definition) is 0. The molecule has 0 nitrogen and oxygen atoms in total. The molecule has 1 aliphatic carbocycles. The standard InChI is InChI=1S/C12H24P.Na/c1-8-9(2)11(4)12(10(8)3)7-13(5)6;/h8,10-12H,7H2,1-6H3;/q-1;+1. The summed E-state index contributed by atoms with van der Waals surface area (Å²) in [5.41, 5.74) is 0. The van der Waals surface area contributed by atoms with Crippen LogP contribution in [0.3, 0.4) is 0 Å². The van der Waals surface area contributed by atoms with Gasteiger partial charge < -0.3 is 5.92 Å². The van der Waals surface area contributed by atoms with E-state index in [-0.39, 0.29) is 37.5 Å². The molecule has 0 spiro atoms. The smallest absolute Gasteiger partial charge is 0.311 e. The van der Waals surface area contributed by atoms with Crippen molar-refractivity contribution < 1.29 is 29.6 Å². The van der Waals surface area contributed by atoms with E-state index < -0.39 is 0 Å². The molecule has 1 fully saturated rings. The fourth-order valence-corrected chi connectivity index (χ4v) is 4.23. The van der Waals surface area contributed by atoms with Crippen molar-refractivity contribution >= 4 is 7.92 Å². The summed E-state index contributed by atoms with van der Waals surface area (Å²) in [6.45, 7) is 14.5. The molecule has 0 radical (unpaired) electrons. The van der Waals surface area contributed by atoms with Crippen molar-refractivity contribution in [3.63, 3.8) is 0 Å². The quantitative estimate of drug-likeness (QED) is 0.369. The van der Waals surface area contributed by atoms with E-state index in [9.17, 15) is 0 Å². The summed E-state index contributed by atoms with van der Waals surface area (Å²) in [6, 6.07) is 0. The van der Waals surface area contributed by atoms with Crippen molar-refractivity contribution in [1.82, 2.24) is 0 Å². The van der Waals surface area contributed by atoms with E-state index in [1.54, 1.807) is 5.92 Å². The van der Waals surface area contributed by atoms with Crippen LogP contribution in [0.4, 0.5) is 0 Å². The van der Waals surface area contributed by atoms with Gasteiger partial charge in [-0.05, 0) is 19.5 Å². The normalized spacial score (nSPS) is 38.8. The van der Waals surface area contributed by atoms with Gasteiger partial charge in [0.2, 0.25) is 0 Å². The van der Waals surface area contributed by atoms with Gasteiger partial charge in [-0.3, -0.25) is 0 Å². The molecule has 0 aromatic carbocycles. The Morgan fingerprint density at radius 3 is 1.86 bits per heavy atom. The molecule has 0 aromatic heterocycles. The van der Waals surface area contributed by atoms with Crippen molar-refractivity contribution in [3.8, 4) is 0 Å². The van der Waals surface area contributed by atoms with Gasteiger partial charge in [-0.25, -0.2) is 0 Å². The van der Waals surface area contributed by atoms with E-state index in [1.165, 1.54) is 6.16 Å². The summed E-state index contributed by atoms with van der Waals surface area (Å²) in [5.74, 6) is 5.36. The van der Waals surface area contributed by atoms with Crippen LogP contribution in [0.15, 0.2) is 0 Å². The molecule has 1 rings (SSSR count). The minimum atomic E-state index is 0. The molecule has 0 bridgehead atoms. The van der Waals surface area contributed by atoms with Gasteiger partial charge in [0, 0.05) is 0 Å². The molecular formula is C12H24NaP. The van der Waals surface area contributed by atoms with Crippen LogP contribution in [0, 0.1) is 29.6 Å². The molecule has 0 N–H and O–H groups in total. The molecule has 2 heteroatoms. The minimum absolute atomic E-state index is 0. The summed E-state index contributed by atoms with van der Waals surface area (Å²) >= 11 is 0. The van der Waals surface area contributed by atoms with E-state index in [0.717, 1.165) is 23.7 Å². The predicted octanol–water partition coefficient (Wildman–Crippen LogP) is 0.864. The fraction of sp³-hybridized carbons (Fsp3) is 0.917. The largest absolute Gasteiger partial charge is 1.00 e. The first-order chi connectivity index (χ1) is 5.95. The van der Waals surface area contributed by atoms with Gasteiger partial charge >= 0.3 is 29.6 Å². The third-order valence-corrected chi connectivity index (χ3v) is 5.27. The fourth-order valence-electron chi connectivity index (χ4n) is 2.74. The molecule has 4 unspecified atom stereocenters.